The normalized spacial score (nSPS) is 22.5. The van der Waals surface area contributed by atoms with Crippen LogP contribution in [0.1, 0.15) is 11.5 Å². The number of hydrogen-bond donors (Lipinski definition) is 1. The van der Waals surface area contributed by atoms with Gasteiger partial charge >= 0.3 is 0 Å². The van der Waals surface area contributed by atoms with Gasteiger partial charge in [0.15, 0.2) is 0 Å². The molecule has 1 fully saturated rings. The molecule has 1 aromatic heterocycles. The lowest BCUT2D eigenvalue weighted by Gasteiger charge is -2.32. The van der Waals surface area contributed by atoms with Crippen LogP contribution in [0, 0.1) is 6.92 Å². The van der Waals surface area contributed by atoms with Crippen LogP contribution in [0.3, 0.4) is 0 Å². The van der Waals surface area contributed by atoms with Crippen molar-refractivity contribution < 1.29 is 9.26 Å². The van der Waals surface area contributed by atoms with Crippen molar-refractivity contribution in [3.05, 3.63) is 17.5 Å². The minimum atomic E-state index is 0.284. The van der Waals surface area contributed by atoms with Crippen molar-refractivity contribution in [1.82, 2.24) is 15.4 Å². The van der Waals surface area contributed by atoms with E-state index >= 15 is 0 Å². The molecule has 0 spiro atoms. The Morgan fingerprint density at radius 3 is 3.19 bits per heavy atom. The minimum absolute atomic E-state index is 0.284. The summed E-state index contributed by atoms with van der Waals surface area (Å²) in [5.41, 5.74) is 1.00. The van der Waals surface area contributed by atoms with E-state index in [9.17, 15) is 0 Å². The van der Waals surface area contributed by atoms with Crippen LogP contribution in [-0.2, 0) is 11.3 Å². The second-order valence-electron chi connectivity index (χ2n) is 4.21. The predicted molar refractivity (Wildman–Crippen MR) is 60.2 cm³/mol. The van der Waals surface area contributed by atoms with E-state index in [-0.39, 0.29) is 6.10 Å². The summed E-state index contributed by atoms with van der Waals surface area (Å²) in [4.78, 5) is 2.35. The van der Waals surface area contributed by atoms with Crippen LogP contribution in [0.25, 0.3) is 0 Å². The van der Waals surface area contributed by atoms with Gasteiger partial charge in [0.25, 0.3) is 0 Å². The van der Waals surface area contributed by atoms with Gasteiger partial charge in [-0.2, -0.15) is 0 Å². The van der Waals surface area contributed by atoms with E-state index in [0.29, 0.717) is 0 Å². The Hall–Kier alpha value is -0.910. The number of rotatable bonds is 4. The topological polar surface area (TPSA) is 50.5 Å². The Morgan fingerprint density at radius 2 is 2.50 bits per heavy atom. The molecule has 90 valence electrons. The van der Waals surface area contributed by atoms with Crippen LogP contribution >= 0.6 is 0 Å². The fourth-order valence-electron chi connectivity index (χ4n) is 2.00. The molecule has 1 aliphatic heterocycles. The molecule has 2 rings (SSSR count). The van der Waals surface area contributed by atoms with E-state index in [1.165, 1.54) is 0 Å². The smallest absolute Gasteiger partial charge is 0.133 e. The van der Waals surface area contributed by atoms with E-state index in [2.05, 4.69) is 15.4 Å². The summed E-state index contributed by atoms with van der Waals surface area (Å²) in [6.45, 7) is 6.37. The lowest BCUT2D eigenvalue weighted by Crippen LogP contribution is -2.45. The molecule has 1 aliphatic rings. The molecule has 0 saturated carbocycles. The molecular formula is C11H19N3O2. The monoisotopic (exact) mass is 225 g/mol. The summed E-state index contributed by atoms with van der Waals surface area (Å²) < 4.78 is 10.7. The van der Waals surface area contributed by atoms with Crippen molar-refractivity contribution in [2.45, 2.75) is 19.6 Å². The molecule has 0 aromatic carbocycles. The molecule has 5 nitrogen and oxygen atoms in total. The van der Waals surface area contributed by atoms with Gasteiger partial charge in [-0.15, -0.1) is 0 Å². The average Bonchev–Trinajstić information content (AvgIpc) is 2.65. The molecule has 0 amide bonds. The number of nitrogens with zero attached hydrogens (tertiary/aromatic N) is 2. The van der Waals surface area contributed by atoms with Crippen molar-refractivity contribution in [2.75, 3.05) is 33.3 Å². The first kappa shape index (κ1) is 11.6. The lowest BCUT2D eigenvalue weighted by atomic mass is 10.2. The van der Waals surface area contributed by atoms with Crippen LogP contribution in [0.2, 0.25) is 0 Å². The molecule has 16 heavy (non-hydrogen) atoms. The second-order valence-corrected chi connectivity index (χ2v) is 4.21. The third-order valence-electron chi connectivity index (χ3n) is 2.72. The predicted octanol–water partition coefficient (Wildman–Crippen LogP) is 0.403. The summed E-state index contributed by atoms with van der Waals surface area (Å²) in [5.74, 6) is 0.870. The maximum atomic E-state index is 5.64. The Kier molecular flexibility index (Phi) is 3.93. The standard InChI is InChI=1S/C11H19N3O2/c1-9-5-10(13-16-9)7-14-3-4-15-11(8-14)6-12-2/h5,11-12H,3-4,6-8H2,1-2H3. The molecule has 0 bridgehead atoms. The van der Waals surface area contributed by atoms with Gasteiger partial charge in [0.05, 0.1) is 18.4 Å². The van der Waals surface area contributed by atoms with Crippen molar-refractivity contribution in [2.24, 2.45) is 0 Å². The van der Waals surface area contributed by atoms with Crippen molar-refractivity contribution in [1.29, 1.82) is 0 Å². The zero-order valence-corrected chi connectivity index (χ0v) is 9.90. The highest BCUT2D eigenvalue weighted by molar-refractivity contribution is 5.03. The molecular weight excluding hydrogens is 206 g/mol. The first-order chi connectivity index (χ1) is 7.78. The Bertz CT molecular complexity index is 325. The third kappa shape index (κ3) is 3.04. The van der Waals surface area contributed by atoms with Gasteiger partial charge in [-0.25, -0.2) is 0 Å². The van der Waals surface area contributed by atoms with Crippen molar-refractivity contribution in [3.8, 4) is 0 Å². The maximum Gasteiger partial charge on any atom is 0.133 e. The van der Waals surface area contributed by atoms with Gasteiger partial charge in [-0.05, 0) is 14.0 Å². The molecule has 1 N–H and O–H groups in total. The molecule has 5 heteroatoms. The molecule has 1 aromatic rings. The van der Waals surface area contributed by atoms with Crippen molar-refractivity contribution in [3.63, 3.8) is 0 Å². The first-order valence-electron chi connectivity index (χ1n) is 5.68. The molecule has 0 aliphatic carbocycles. The van der Waals surface area contributed by atoms with E-state index in [1.807, 2.05) is 20.0 Å². The van der Waals surface area contributed by atoms with Crippen LogP contribution in [0.15, 0.2) is 10.6 Å². The summed E-state index contributed by atoms with van der Waals surface area (Å²) in [7, 11) is 1.95. The SMILES string of the molecule is CNCC1CN(Cc2cc(C)on2)CCO1. The van der Waals surface area contributed by atoms with Crippen LogP contribution < -0.4 is 5.32 Å². The fourth-order valence-corrected chi connectivity index (χ4v) is 2.00. The summed E-state index contributed by atoms with van der Waals surface area (Å²) in [6.07, 6.45) is 0.284. The molecule has 0 radical (unpaired) electrons. The molecule has 1 saturated heterocycles. The molecule has 1 atom stereocenters. The largest absolute Gasteiger partial charge is 0.374 e. The summed E-state index contributed by atoms with van der Waals surface area (Å²) in [5, 5.41) is 7.15. The van der Waals surface area contributed by atoms with Crippen molar-refractivity contribution >= 4 is 0 Å². The van der Waals surface area contributed by atoms with Crippen LogP contribution in [0.4, 0.5) is 0 Å². The number of likely N-dealkylation sites (N-methyl/N-ethyl adjacent to an activating group) is 1. The van der Waals surface area contributed by atoms with Gasteiger partial charge in [-0.1, -0.05) is 5.16 Å². The minimum Gasteiger partial charge on any atom is -0.374 e. The van der Waals surface area contributed by atoms with Crippen LogP contribution in [-0.4, -0.2) is 49.4 Å². The lowest BCUT2D eigenvalue weighted by molar-refractivity contribution is -0.0297. The molecule has 1 unspecified atom stereocenters. The summed E-state index contributed by atoms with van der Waals surface area (Å²) in [6, 6.07) is 1.99. The van der Waals surface area contributed by atoms with Gasteiger partial charge in [0, 0.05) is 32.2 Å². The fraction of sp³-hybridized carbons (Fsp3) is 0.727. The second kappa shape index (κ2) is 5.43. The number of aromatic nitrogens is 1. The van der Waals surface area contributed by atoms with Crippen LogP contribution in [0.5, 0.6) is 0 Å². The highest BCUT2D eigenvalue weighted by atomic mass is 16.5. The van der Waals surface area contributed by atoms with E-state index in [4.69, 9.17) is 9.26 Å². The maximum absolute atomic E-state index is 5.64. The van der Waals surface area contributed by atoms with E-state index < -0.39 is 0 Å². The number of hydrogen-bond acceptors (Lipinski definition) is 5. The quantitative estimate of drug-likeness (QED) is 0.804. The third-order valence-corrected chi connectivity index (χ3v) is 2.72. The number of nitrogens with one attached hydrogen (secondary N) is 1. The Balaban J connectivity index is 1.85. The van der Waals surface area contributed by atoms with Gasteiger partial charge in [0.1, 0.15) is 5.76 Å². The first-order valence-corrected chi connectivity index (χ1v) is 5.68. The number of aryl methyl sites for hydroxylation is 1. The van der Waals surface area contributed by atoms with E-state index in [1.54, 1.807) is 0 Å². The van der Waals surface area contributed by atoms with Gasteiger partial charge < -0.3 is 14.6 Å². The average molecular weight is 225 g/mol. The molecule has 2 heterocycles. The summed E-state index contributed by atoms with van der Waals surface area (Å²) >= 11 is 0. The number of ether oxygens (including phenoxy) is 1. The number of morpholine rings is 1. The zero-order valence-electron chi connectivity index (χ0n) is 9.90. The highest BCUT2D eigenvalue weighted by Crippen LogP contribution is 2.10. The Morgan fingerprint density at radius 1 is 1.62 bits per heavy atom. The zero-order chi connectivity index (χ0) is 11.4. The Labute approximate surface area is 95.7 Å². The van der Waals surface area contributed by atoms with Gasteiger partial charge in [0.2, 0.25) is 0 Å². The van der Waals surface area contributed by atoms with Gasteiger partial charge in [-0.3, -0.25) is 4.90 Å². The van der Waals surface area contributed by atoms with E-state index in [0.717, 1.165) is 44.2 Å². The highest BCUT2D eigenvalue weighted by Gasteiger charge is 2.20.